The standard InChI is InChI=1S/C16H18N2O3S/c1-10-9-14(22-11(10)2)16(20)18-12-5-3-4-6-13(12)21-8-7-15(17)19/h3-6,9H,7-8H2,1-2H3,(H2,17,19)(H,18,20). The average Bonchev–Trinajstić information content (AvgIpc) is 2.80. The summed E-state index contributed by atoms with van der Waals surface area (Å²) >= 11 is 1.46. The van der Waals surface area contributed by atoms with Crippen LogP contribution in [-0.2, 0) is 4.79 Å². The number of anilines is 1. The van der Waals surface area contributed by atoms with Gasteiger partial charge in [-0.2, -0.15) is 0 Å². The van der Waals surface area contributed by atoms with E-state index in [1.165, 1.54) is 11.3 Å². The molecule has 0 unspecified atom stereocenters. The second-order valence-corrected chi connectivity index (χ2v) is 6.12. The van der Waals surface area contributed by atoms with Crippen molar-refractivity contribution in [2.75, 3.05) is 11.9 Å². The van der Waals surface area contributed by atoms with E-state index in [2.05, 4.69) is 5.32 Å². The normalized spacial score (nSPS) is 10.3. The molecular formula is C16H18N2O3S. The highest BCUT2D eigenvalue weighted by Gasteiger charge is 2.13. The van der Waals surface area contributed by atoms with Crippen LogP contribution >= 0.6 is 11.3 Å². The molecule has 2 amide bonds. The number of hydrogen-bond donors (Lipinski definition) is 2. The van der Waals surface area contributed by atoms with Crippen LogP contribution in [0.15, 0.2) is 30.3 Å². The minimum absolute atomic E-state index is 0.131. The monoisotopic (exact) mass is 318 g/mol. The van der Waals surface area contributed by atoms with Crippen molar-refractivity contribution in [3.05, 3.63) is 45.6 Å². The zero-order valence-electron chi connectivity index (χ0n) is 12.5. The third-order valence-corrected chi connectivity index (χ3v) is 4.28. The van der Waals surface area contributed by atoms with Crippen LogP contribution in [0.5, 0.6) is 5.75 Å². The Labute approximate surface area is 133 Å². The molecule has 0 atom stereocenters. The molecule has 2 rings (SSSR count). The van der Waals surface area contributed by atoms with Crippen molar-refractivity contribution < 1.29 is 14.3 Å². The number of nitrogens with two attached hydrogens (primary N) is 1. The quantitative estimate of drug-likeness (QED) is 0.859. The summed E-state index contributed by atoms with van der Waals surface area (Å²) in [6.07, 6.45) is 0.131. The van der Waals surface area contributed by atoms with Gasteiger partial charge in [0.2, 0.25) is 5.91 Å². The second-order valence-electron chi connectivity index (χ2n) is 4.86. The summed E-state index contributed by atoms with van der Waals surface area (Å²) in [5.74, 6) is -0.0831. The lowest BCUT2D eigenvalue weighted by Gasteiger charge is -2.11. The van der Waals surface area contributed by atoms with Gasteiger partial charge >= 0.3 is 0 Å². The summed E-state index contributed by atoms with van der Waals surface area (Å²) < 4.78 is 5.50. The third kappa shape index (κ3) is 4.08. The van der Waals surface area contributed by atoms with E-state index in [4.69, 9.17) is 10.5 Å². The van der Waals surface area contributed by atoms with E-state index in [0.29, 0.717) is 16.3 Å². The van der Waals surface area contributed by atoms with Crippen molar-refractivity contribution in [2.24, 2.45) is 5.73 Å². The molecule has 3 N–H and O–H groups in total. The minimum Gasteiger partial charge on any atom is -0.491 e. The molecule has 0 saturated heterocycles. The number of carbonyl (C=O) groups is 2. The van der Waals surface area contributed by atoms with E-state index >= 15 is 0 Å². The molecule has 0 radical (unpaired) electrons. The van der Waals surface area contributed by atoms with Crippen molar-refractivity contribution in [1.29, 1.82) is 0 Å². The maximum Gasteiger partial charge on any atom is 0.265 e. The van der Waals surface area contributed by atoms with Gasteiger partial charge in [0.1, 0.15) is 5.75 Å². The number of nitrogens with one attached hydrogen (secondary N) is 1. The van der Waals surface area contributed by atoms with Crippen LogP contribution in [0.3, 0.4) is 0 Å². The second kappa shape index (κ2) is 7.09. The van der Waals surface area contributed by atoms with Gasteiger partial charge in [-0.25, -0.2) is 0 Å². The Morgan fingerprint density at radius 1 is 1.27 bits per heavy atom. The largest absolute Gasteiger partial charge is 0.491 e. The molecule has 0 saturated carbocycles. The van der Waals surface area contributed by atoms with Crippen molar-refractivity contribution in [3.63, 3.8) is 0 Å². The summed E-state index contributed by atoms with van der Waals surface area (Å²) in [5.41, 5.74) is 6.75. The molecule has 1 aromatic carbocycles. The van der Waals surface area contributed by atoms with Crippen molar-refractivity contribution in [3.8, 4) is 5.75 Å². The number of rotatable bonds is 6. The van der Waals surface area contributed by atoms with Gasteiger partial charge in [0.15, 0.2) is 0 Å². The number of carbonyl (C=O) groups excluding carboxylic acids is 2. The number of aryl methyl sites for hydroxylation is 2. The molecule has 0 aliphatic heterocycles. The summed E-state index contributed by atoms with van der Waals surface area (Å²) in [7, 11) is 0. The summed E-state index contributed by atoms with van der Waals surface area (Å²) in [5, 5.41) is 2.84. The Morgan fingerprint density at radius 2 is 2.00 bits per heavy atom. The molecule has 0 spiro atoms. The van der Waals surface area contributed by atoms with Crippen LogP contribution in [0.4, 0.5) is 5.69 Å². The topological polar surface area (TPSA) is 81.4 Å². The number of benzene rings is 1. The Kier molecular flexibility index (Phi) is 5.16. The molecule has 0 bridgehead atoms. The highest BCUT2D eigenvalue weighted by Crippen LogP contribution is 2.26. The smallest absolute Gasteiger partial charge is 0.265 e. The lowest BCUT2D eigenvalue weighted by Crippen LogP contribution is -2.16. The number of hydrogen-bond acceptors (Lipinski definition) is 4. The average molecular weight is 318 g/mol. The Balaban J connectivity index is 2.08. The first-order valence-corrected chi connectivity index (χ1v) is 7.67. The first-order chi connectivity index (χ1) is 10.5. The van der Waals surface area contributed by atoms with Crippen LogP contribution in [0.1, 0.15) is 26.5 Å². The number of amides is 2. The Morgan fingerprint density at radius 3 is 2.64 bits per heavy atom. The maximum absolute atomic E-state index is 12.3. The van der Waals surface area contributed by atoms with Gasteiger partial charge in [0, 0.05) is 4.88 Å². The van der Waals surface area contributed by atoms with Crippen molar-refractivity contribution in [1.82, 2.24) is 0 Å². The highest BCUT2D eigenvalue weighted by molar-refractivity contribution is 7.14. The van der Waals surface area contributed by atoms with Crippen LogP contribution in [0, 0.1) is 13.8 Å². The van der Waals surface area contributed by atoms with Crippen LogP contribution in [0.25, 0.3) is 0 Å². The first kappa shape index (κ1) is 16.0. The number of para-hydroxylation sites is 2. The zero-order chi connectivity index (χ0) is 16.1. The van der Waals surface area contributed by atoms with Crippen LogP contribution in [-0.4, -0.2) is 18.4 Å². The molecule has 0 aliphatic carbocycles. The fraction of sp³-hybridized carbons (Fsp3) is 0.250. The van der Waals surface area contributed by atoms with Gasteiger partial charge in [-0.1, -0.05) is 12.1 Å². The predicted octanol–water partition coefficient (Wildman–Crippen LogP) is 2.87. The molecule has 2 aromatic rings. The van der Waals surface area contributed by atoms with Crippen molar-refractivity contribution in [2.45, 2.75) is 20.3 Å². The first-order valence-electron chi connectivity index (χ1n) is 6.86. The maximum atomic E-state index is 12.3. The minimum atomic E-state index is -0.425. The lowest BCUT2D eigenvalue weighted by molar-refractivity contribution is -0.118. The molecular weight excluding hydrogens is 300 g/mol. The van der Waals surface area contributed by atoms with E-state index in [1.807, 2.05) is 26.0 Å². The zero-order valence-corrected chi connectivity index (χ0v) is 13.3. The molecule has 6 heteroatoms. The van der Waals surface area contributed by atoms with Crippen LogP contribution in [0.2, 0.25) is 0 Å². The molecule has 22 heavy (non-hydrogen) atoms. The number of thiophene rings is 1. The van der Waals surface area contributed by atoms with E-state index in [0.717, 1.165) is 10.4 Å². The van der Waals surface area contributed by atoms with Gasteiger partial charge in [-0.15, -0.1) is 11.3 Å². The molecule has 5 nitrogen and oxygen atoms in total. The number of primary amides is 1. The molecule has 1 heterocycles. The predicted molar refractivity (Wildman–Crippen MR) is 87.5 cm³/mol. The molecule has 116 valence electrons. The SMILES string of the molecule is Cc1cc(C(=O)Nc2ccccc2OCCC(N)=O)sc1C. The molecule has 0 aliphatic rings. The molecule has 1 aromatic heterocycles. The van der Waals surface area contributed by atoms with Gasteiger partial charge in [0.05, 0.1) is 23.6 Å². The van der Waals surface area contributed by atoms with Gasteiger partial charge in [-0.05, 0) is 37.6 Å². The fourth-order valence-corrected chi connectivity index (χ4v) is 2.76. The highest BCUT2D eigenvalue weighted by atomic mass is 32.1. The Bertz CT molecular complexity index is 675. The summed E-state index contributed by atoms with van der Waals surface area (Å²) in [4.78, 5) is 24.8. The van der Waals surface area contributed by atoms with E-state index in [9.17, 15) is 9.59 Å². The lowest BCUT2D eigenvalue weighted by atomic mass is 10.2. The van der Waals surface area contributed by atoms with E-state index < -0.39 is 5.91 Å². The third-order valence-electron chi connectivity index (χ3n) is 3.13. The van der Waals surface area contributed by atoms with Crippen molar-refractivity contribution >= 4 is 28.8 Å². The summed E-state index contributed by atoms with van der Waals surface area (Å²) in [6.45, 7) is 4.14. The van der Waals surface area contributed by atoms with E-state index in [-0.39, 0.29) is 18.9 Å². The Hall–Kier alpha value is -2.34. The van der Waals surface area contributed by atoms with Crippen LogP contribution < -0.4 is 15.8 Å². The number of ether oxygens (including phenoxy) is 1. The van der Waals surface area contributed by atoms with Gasteiger partial charge < -0.3 is 15.8 Å². The summed E-state index contributed by atoms with van der Waals surface area (Å²) in [6, 6.07) is 8.97. The van der Waals surface area contributed by atoms with Gasteiger partial charge in [-0.3, -0.25) is 9.59 Å². The van der Waals surface area contributed by atoms with E-state index in [1.54, 1.807) is 18.2 Å². The van der Waals surface area contributed by atoms with Gasteiger partial charge in [0.25, 0.3) is 5.91 Å². The fourth-order valence-electron chi connectivity index (χ4n) is 1.83. The molecule has 0 fully saturated rings.